The first-order valence-corrected chi connectivity index (χ1v) is 11.8. The van der Waals surface area contributed by atoms with Crippen LogP contribution in [0, 0.1) is 32.6 Å². The smallest absolute Gasteiger partial charge is 0.226 e. The van der Waals surface area contributed by atoms with Crippen LogP contribution in [-0.4, -0.2) is 35.5 Å². The highest BCUT2D eigenvalue weighted by Gasteiger charge is 2.44. The minimum Gasteiger partial charge on any atom is -0.342 e. The lowest BCUT2D eigenvalue weighted by Crippen LogP contribution is -2.39. The Labute approximate surface area is 191 Å². The zero-order valence-corrected chi connectivity index (χ0v) is 19.4. The van der Waals surface area contributed by atoms with Crippen molar-refractivity contribution in [3.8, 4) is 0 Å². The SMILES string of the molecule is Cc1cc(C)c(C2C(=O)CC(CC3CCN(C(=O)Cc4ccccc4)CC3)C2=O)c(C)c1. The average molecular weight is 432 g/mol. The van der Waals surface area contributed by atoms with Gasteiger partial charge in [0.2, 0.25) is 5.91 Å². The molecule has 2 aliphatic rings. The number of Topliss-reactive ketones (excluding diaryl/α,β-unsaturated/α-hetero) is 2. The Bertz CT molecular complexity index is 995. The molecule has 0 aromatic heterocycles. The number of carbonyl (C=O) groups is 3. The van der Waals surface area contributed by atoms with Crippen molar-refractivity contribution in [1.29, 1.82) is 0 Å². The number of carbonyl (C=O) groups excluding carboxylic acids is 3. The molecule has 1 saturated carbocycles. The van der Waals surface area contributed by atoms with Gasteiger partial charge < -0.3 is 4.90 Å². The van der Waals surface area contributed by atoms with E-state index in [0.29, 0.717) is 18.8 Å². The van der Waals surface area contributed by atoms with E-state index in [-0.39, 0.29) is 23.4 Å². The number of amides is 1. The predicted octanol–water partition coefficient (Wildman–Crippen LogP) is 4.72. The Morgan fingerprint density at radius 2 is 1.59 bits per heavy atom. The van der Waals surface area contributed by atoms with E-state index in [9.17, 15) is 14.4 Å². The number of hydrogen-bond donors (Lipinski definition) is 0. The summed E-state index contributed by atoms with van der Waals surface area (Å²) in [4.78, 5) is 40.7. The average Bonchev–Trinajstić information content (AvgIpc) is 3.02. The van der Waals surface area contributed by atoms with Crippen molar-refractivity contribution in [3.05, 3.63) is 70.3 Å². The van der Waals surface area contributed by atoms with Crippen LogP contribution in [0.1, 0.15) is 59.4 Å². The van der Waals surface area contributed by atoms with Crippen molar-refractivity contribution in [2.24, 2.45) is 11.8 Å². The lowest BCUT2D eigenvalue weighted by molar-refractivity contribution is -0.132. The van der Waals surface area contributed by atoms with Crippen molar-refractivity contribution in [1.82, 2.24) is 4.90 Å². The van der Waals surface area contributed by atoms with E-state index < -0.39 is 5.92 Å². The summed E-state index contributed by atoms with van der Waals surface area (Å²) in [6.45, 7) is 7.54. The Morgan fingerprint density at radius 3 is 2.22 bits per heavy atom. The third-order valence-corrected chi connectivity index (χ3v) is 7.27. The summed E-state index contributed by atoms with van der Waals surface area (Å²) in [5.41, 5.74) is 5.21. The van der Waals surface area contributed by atoms with Crippen LogP contribution < -0.4 is 0 Å². The van der Waals surface area contributed by atoms with Gasteiger partial charge in [0, 0.05) is 25.4 Å². The lowest BCUT2D eigenvalue weighted by Gasteiger charge is -2.33. The molecule has 0 N–H and O–H groups in total. The molecule has 2 fully saturated rings. The van der Waals surface area contributed by atoms with Gasteiger partial charge in [-0.25, -0.2) is 0 Å². The quantitative estimate of drug-likeness (QED) is 0.644. The molecule has 0 spiro atoms. The molecule has 2 aromatic rings. The minimum atomic E-state index is -0.590. The molecule has 2 aromatic carbocycles. The van der Waals surface area contributed by atoms with Crippen molar-refractivity contribution >= 4 is 17.5 Å². The third-order valence-electron chi connectivity index (χ3n) is 7.27. The van der Waals surface area contributed by atoms with Crippen molar-refractivity contribution in [2.75, 3.05) is 13.1 Å². The highest BCUT2D eigenvalue weighted by atomic mass is 16.2. The summed E-state index contributed by atoms with van der Waals surface area (Å²) in [5, 5.41) is 0. The van der Waals surface area contributed by atoms with E-state index in [0.717, 1.165) is 60.2 Å². The van der Waals surface area contributed by atoms with Gasteiger partial charge in [-0.15, -0.1) is 0 Å². The molecule has 1 amide bonds. The van der Waals surface area contributed by atoms with Gasteiger partial charge in [0.15, 0.2) is 5.78 Å². The highest BCUT2D eigenvalue weighted by Crippen LogP contribution is 2.39. The molecule has 1 saturated heterocycles. The molecule has 2 atom stereocenters. The van der Waals surface area contributed by atoms with E-state index in [1.54, 1.807) is 0 Å². The molecule has 1 aliphatic carbocycles. The Kier molecular flexibility index (Phi) is 6.59. The summed E-state index contributed by atoms with van der Waals surface area (Å²) in [6.07, 6.45) is 3.39. The number of ketones is 2. The molecule has 1 aliphatic heterocycles. The fraction of sp³-hybridized carbons (Fsp3) is 0.464. The van der Waals surface area contributed by atoms with E-state index in [1.165, 1.54) is 0 Å². The highest BCUT2D eigenvalue weighted by molar-refractivity contribution is 6.15. The van der Waals surface area contributed by atoms with Gasteiger partial charge in [-0.05, 0) is 68.2 Å². The Morgan fingerprint density at radius 1 is 0.969 bits per heavy atom. The van der Waals surface area contributed by atoms with Gasteiger partial charge >= 0.3 is 0 Å². The minimum absolute atomic E-state index is 0.0746. The molecule has 32 heavy (non-hydrogen) atoms. The van der Waals surface area contributed by atoms with E-state index in [1.807, 2.05) is 56.0 Å². The summed E-state index contributed by atoms with van der Waals surface area (Å²) >= 11 is 0. The fourth-order valence-electron chi connectivity index (χ4n) is 5.71. The molecule has 4 heteroatoms. The van der Waals surface area contributed by atoms with Gasteiger partial charge in [-0.1, -0.05) is 48.0 Å². The van der Waals surface area contributed by atoms with Crippen molar-refractivity contribution < 1.29 is 14.4 Å². The van der Waals surface area contributed by atoms with E-state index >= 15 is 0 Å². The van der Waals surface area contributed by atoms with Crippen LogP contribution in [0.4, 0.5) is 0 Å². The number of aryl methyl sites for hydroxylation is 3. The maximum atomic E-state index is 13.3. The maximum Gasteiger partial charge on any atom is 0.226 e. The number of rotatable bonds is 5. The third kappa shape index (κ3) is 4.69. The number of hydrogen-bond acceptors (Lipinski definition) is 3. The standard InChI is InChI=1S/C28H33NO3/c1-18-13-19(2)26(20(3)14-18)27-24(30)17-23(28(27)32)15-22-9-11-29(12-10-22)25(31)16-21-7-5-4-6-8-21/h4-8,13-14,22-23,27H,9-12,15-17H2,1-3H3. The molecule has 4 rings (SSSR count). The summed E-state index contributed by atoms with van der Waals surface area (Å²) < 4.78 is 0. The first-order valence-electron chi connectivity index (χ1n) is 11.8. The van der Waals surface area contributed by atoms with E-state index in [2.05, 4.69) is 12.1 Å². The largest absolute Gasteiger partial charge is 0.342 e. The van der Waals surface area contributed by atoms with Gasteiger partial charge in [0.25, 0.3) is 0 Å². The topological polar surface area (TPSA) is 54.5 Å². The zero-order valence-electron chi connectivity index (χ0n) is 19.4. The molecule has 0 radical (unpaired) electrons. The second-order valence-electron chi connectivity index (χ2n) is 9.74. The van der Waals surface area contributed by atoms with Crippen molar-refractivity contribution in [2.45, 2.75) is 58.8 Å². The van der Waals surface area contributed by atoms with Gasteiger partial charge in [0.05, 0.1) is 6.42 Å². The normalized spacial score (nSPS) is 21.9. The summed E-state index contributed by atoms with van der Waals surface area (Å²) in [5.74, 6) is -0.0147. The number of piperidine rings is 1. The van der Waals surface area contributed by atoms with Gasteiger partial charge in [0.1, 0.15) is 11.7 Å². The summed E-state index contributed by atoms with van der Waals surface area (Å²) in [7, 11) is 0. The Hall–Kier alpha value is -2.75. The predicted molar refractivity (Wildman–Crippen MR) is 126 cm³/mol. The monoisotopic (exact) mass is 431 g/mol. The van der Waals surface area contributed by atoms with Crippen LogP contribution in [0.2, 0.25) is 0 Å². The van der Waals surface area contributed by atoms with Crippen LogP contribution in [0.3, 0.4) is 0 Å². The maximum absolute atomic E-state index is 13.3. The molecule has 4 nitrogen and oxygen atoms in total. The molecular weight excluding hydrogens is 398 g/mol. The molecule has 2 unspecified atom stereocenters. The number of benzene rings is 2. The number of nitrogens with zero attached hydrogens (tertiary/aromatic N) is 1. The second-order valence-corrected chi connectivity index (χ2v) is 9.74. The fourth-order valence-corrected chi connectivity index (χ4v) is 5.71. The van der Waals surface area contributed by atoms with Crippen LogP contribution in [0.15, 0.2) is 42.5 Å². The van der Waals surface area contributed by atoms with E-state index in [4.69, 9.17) is 0 Å². The molecule has 0 bridgehead atoms. The van der Waals surface area contributed by atoms with Crippen LogP contribution in [0.5, 0.6) is 0 Å². The lowest BCUT2D eigenvalue weighted by atomic mass is 9.83. The number of likely N-dealkylation sites (tertiary alicyclic amines) is 1. The van der Waals surface area contributed by atoms with Crippen molar-refractivity contribution in [3.63, 3.8) is 0 Å². The first kappa shape index (κ1) is 22.4. The molecular formula is C28H33NO3. The van der Waals surface area contributed by atoms with Gasteiger partial charge in [-0.3, -0.25) is 14.4 Å². The first-order chi connectivity index (χ1) is 15.3. The zero-order chi connectivity index (χ0) is 22.8. The Balaban J connectivity index is 1.34. The van der Waals surface area contributed by atoms with Crippen LogP contribution in [0.25, 0.3) is 0 Å². The molecule has 1 heterocycles. The van der Waals surface area contributed by atoms with Gasteiger partial charge in [-0.2, -0.15) is 0 Å². The second kappa shape index (κ2) is 9.40. The summed E-state index contributed by atoms with van der Waals surface area (Å²) in [6, 6.07) is 14.0. The van der Waals surface area contributed by atoms with Crippen LogP contribution in [-0.2, 0) is 20.8 Å². The molecule has 168 valence electrons. The van der Waals surface area contributed by atoms with Crippen LogP contribution >= 0.6 is 0 Å².